The maximum atomic E-state index is 11.6. The molecule has 0 aliphatic heterocycles. The quantitative estimate of drug-likeness (QED) is 0.703. The van der Waals surface area contributed by atoms with Gasteiger partial charge in [0.05, 0.1) is 0 Å². The van der Waals surface area contributed by atoms with Gasteiger partial charge < -0.3 is 10.6 Å². The first-order valence-electron chi connectivity index (χ1n) is 5.96. The van der Waals surface area contributed by atoms with Crippen molar-refractivity contribution in [1.29, 1.82) is 0 Å². The molecular formula is C12H26N2O. The van der Waals surface area contributed by atoms with E-state index in [1.54, 1.807) is 4.90 Å². The number of carbonyl (C=O) groups excluding carboxylic acids is 1. The smallest absolute Gasteiger partial charge is 0.222 e. The second-order valence-corrected chi connectivity index (χ2v) is 4.53. The minimum Gasteiger partial charge on any atom is -0.346 e. The summed E-state index contributed by atoms with van der Waals surface area (Å²) in [6, 6.07) is 0. The van der Waals surface area contributed by atoms with Gasteiger partial charge in [-0.1, -0.05) is 13.8 Å². The maximum absolute atomic E-state index is 11.6. The predicted molar refractivity (Wildman–Crippen MR) is 64.5 cm³/mol. The van der Waals surface area contributed by atoms with Crippen LogP contribution in [0.2, 0.25) is 0 Å². The van der Waals surface area contributed by atoms with Crippen LogP contribution in [0.4, 0.5) is 0 Å². The van der Waals surface area contributed by atoms with Crippen LogP contribution in [0.15, 0.2) is 0 Å². The van der Waals surface area contributed by atoms with E-state index in [0.717, 1.165) is 25.9 Å². The number of hydrogen-bond donors (Lipinski definition) is 1. The highest BCUT2D eigenvalue weighted by molar-refractivity contribution is 5.75. The summed E-state index contributed by atoms with van der Waals surface area (Å²) in [4.78, 5) is 13.4. The van der Waals surface area contributed by atoms with Crippen LogP contribution in [0.25, 0.3) is 0 Å². The molecule has 1 unspecified atom stereocenters. The Morgan fingerprint density at radius 2 is 1.93 bits per heavy atom. The Balaban J connectivity index is 3.93. The summed E-state index contributed by atoms with van der Waals surface area (Å²) < 4.78 is 0. The molecule has 0 aliphatic rings. The molecule has 2 N–H and O–H groups in total. The Morgan fingerprint density at radius 3 is 2.33 bits per heavy atom. The van der Waals surface area contributed by atoms with Crippen molar-refractivity contribution in [2.75, 3.05) is 20.1 Å². The topological polar surface area (TPSA) is 46.3 Å². The summed E-state index contributed by atoms with van der Waals surface area (Å²) in [5.41, 5.74) is 5.56. The lowest BCUT2D eigenvalue weighted by molar-refractivity contribution is -0.130. The van der Waals surface area contributed by atoms with Crippen molar-refractivity contribution in [1.82, 2.24) is 4.90 Å². The van der Waals surface area contributed by atoms with E-state index in [4.69, 9.17) is 5.73 Å². The van der Waals surface area contributed by atoms with Gasteiger partial charge in [-0.15, -0.1) is 0 Å². The molecule has 0 bridgehead atoms. The van der Waals surface area contributed by atoms with E-state index in [2.05, 4.69) is 13.8 Å². The van der Waals surface area contributed by atoms with Gasteiger partial charge >= 0.3 is 0 Å². The van der Waals surface area contributed by atoms with Crippen LogP contribution in [-0.4, -0.2) is 30.9 Å². The third-order valence-electron chi connectivity index (χ3n) is 3.11. The first kappa shape index (κ1) is 14.4. The van der Waals surface area contributed by atoms with E-state index in [-0.39, 0.29) is 5.91 Å². The van der Waals surface area contributed by atoms with Gasteiger partial charge in [-0.05, 0) is 38.1 Å². The van der Waals surface area contributed by atoms with Crippen molar-refractivity contribution < 1.29 is 4.79 Å². The van der Waals surface area contributed by atoms with Crippen molar-refractivity contribution in [3.63, 3.8) is 0 Å². The van der Waals surface area contributed by atoms with Crippen LogP contribution < -0.4 is 5.73 Å². The number of nitrogens with two attached hydrogens (primary N) is 1. The van der Waals surface area contributed by atoms with E-state index < -0.39 is 0 Å². The standard InChI is InChI=1S/C12H26N2O/c1-5-14(4)12(15)7-6-11(8-9-13)10(2)3/h10-11H,5-9,13H2,1-4H3. The fourth-order valence-electron chi connectivity index (χ4n) is 1.70. The summed E-state index contributed by atoms with van der Waals surface area (Å²) in [6.07, 6.45) is 2.66. The zero-order valence-electron chi connectivity index (χ0n) is 10.6. The molecule has 0 spiro atoms. The molecule has 0 heterocycles. The predicted octanol–water partition coefficient (Wildman–Crippen LogP) is 1.87. The fraction of sp³-hybridized carbons (Fsp3) is 0.917. The average Bonchev–Trinajstić information content (AvgIpc) is 2.21. The largest absolute Gasteiger partial charge is 0.346 e. The summed E-state index contributed by atoms with van der Waals surface area (Å²) in [7, 11) is 1.86. The molecule has 0 rings (SSSR count). The van der Waals surface area contributed by atoms with Gasteiger partial charge in [-0.25, -0.2) is 0 Å². The molecule has 3 nitrogen and oxygen atoms in total. The Hall–Kier alpha value is -0.570. The molecule has 0 aromatic heterocycles. The summed E-state index contributed by atoms with van der Waals surface area (Å²) in [6.45, 7) is 7.92. The van der Waals surface area contributed by atoms with Crippen LogP contribution in [0.1, 0.15) is 40.0 Å². The zero-order chi connectivity index (χ0) is 11.8. The average molecular weight is 214 g/mol. The van der Waals surface area contributed by atoms with Crippen molar-refractivity contribution >= 4 is 5.91 Å². The number of carbonyl (C=O) groups is 1. The van der Waals surface area contributed by atoms with Crippen LogP contribution in [0.5, 0.6) is 0 Å². The Morgan fingerprint density at radius 1 is 1.33 bits per heavy atom. The first-order valence-corrected chi connectivity index (χ1v) is 5.96. The lowest BCUT2D eigenvalue weighted by Crippen LogP contribution is -2.27. The molecule has 0 fully saturated rings. The van der Waals surface area contributed by atoms with E-state index >= 15 is 0 Å². The third kappa shape index (κ3) is 5.78. The molecule has 1 atom stereocenters. The van der Waals surface area contributed by atoms with Crippen molar-refractivity contribution in [2.45, 2.75) is 40.0 Å². The summed E-state index contributed by atoms with van der Waals surface area (Å²) in [5, 5.41) is 0. The second kappa shape index (κ2) is 7.69. The fourth-order valence-corrected chi connectivity index (χ4v) is 1.70. The number of nitrogens with zero attached hydrogens (tertiary/aromatic N) is 1. The minimum absolute atomic E-state index is 0.250. The molecule has 0 saturated carbocycles. The highest BCUT2D eigenvalue weighted by atomic mass is 16.2. The lowest BCUT2D eigenvalue weighted by atomic mass is 9.88. The molecular weight excluding hydrogens is 188 g/mol. The second-order valence-electron chi connectivity index (χ2n) is 4.53. The molecule has 15 heavy (non-hydrogen) atoms. The van der Waals surface area contributed by atoms with Gasteiger partial charge in [-0.2, -0.15) is 0 Å². The van der Waals surface area contributed by atoms with Crippen molar-refractivity contribution in [3.05, 3.63) is 0 Å². The molecule has 0 radical (unpaired) electrons. The van der Waals surface area contributed by atoms with E-state index in [1.807, 2.05) is 14.0 Å². The van der Waals surface area contributed by atoms with Crippen molar-refractivity contribution in [2.24, 2.45) is 17.6 Å². The minimum atomic E-state index is 0.250. The van der Waals surface area contributed by atoms with Crippen LogP contribution >= 0.6 is 0 Å². The Labute approximate surface area is 94.0 Å². The van der Waals surface area contributed by atoms with E-state index in [1.165, 1.54) is 0 Å². The number of hydrogen-bond acceptors (Lipinski definition) is 2. The highest BCUT2D eigenvalue weighted by Crippen LogP contribution is 2.20. The maximum Gasteiger partial charge on any atom is 0.222 e. The third-order valence-corrected chi connectivity index (χ3v) is 3.11. The molecule has 0 saturated heterocycles. The molecule has 0 aromatic rings. The summed E-state index contributed by atoms with van der Waals surface area (Å²) in [5.74, 6) is 1.46. The van der Waals surface area contributed by atoms with E-state index in [9.17, 15) is 4.79 Å². The molecule has 0 aliphatic carbocycles. The molecule has 3 heteroatoms. The molecule has 0 aromatic carbocycles. The zero-order valence-corrected chi connectivity index (χ0v) is 10.6. The normalized spacial score (nSPS) is 12.9. The van der Waals surface area contributed by atoms with Gasteiger partial charge in [-0.3, -0.25) is 4.79 Å². The Kier molecular flexibility index (Phi) is 7.39. The van der Waals surface area contributed by atoms with Crippen molar-refractivity contribution in [3.8, 4) is 0 Å². The lowest BCUT2D eigenvalue weighted by Gasteiger charge is -2.21. The first-order chi connectivity index (χ1) is 7.02. The van der Waals surface area contributed by atoms with Crippen LogP contribution in [0.3, 0.4) is 0 Å². The van der Waals surface area contributed by atoms with Gasteiger partial charge in [0.2, 0.25) is 5.91 Å². The number of rotatable bonds is 7. The number of amides is 1. The Bertz CT molecular complexity index is 180. The molecule has 90 valence electrons. The van der Waals surface area contributed by atoms with E-state index in [0.29, 0.717) is 18.3 Å². The van der Waals surface area contributed by atoms with Gasteiger partial charge in [0.1, 0.15) is 0 Å². The highest BCUT2D eigenvalue weighted by Gasteiger charge is 2.15. The SMILES string of the molecule is CCN(C)C(=O)CCC(CCN)C(C)C. The van der Waals surface area contributed by atoms with Crippen LogP contribution in [-0.2, 0) is 4.79 Å². The van der Waals surface area contributed by atoms with Crippen LogP contribution in [0, 0.1) is 11.8 Å². The molecule has 1 amide bonds. The monoisotopic (exact) mass is 214 g/mol. The van der Waals surface area contributed by atoms with Gasteiger partial charge in [0.25, 0.3) is 0 Å². The van der Waals surface area contributed by atoms with Gasteiger partial charge in [0.15, 0.2) is 0 Å². The van der Waals surface area contributed by atoms with Gasteiger partial charge in [0, 0.05) is 20.0 Å². The summed E-state index contributed by atoms with van der Waals surface area (Å²) >= 11 is 0.